The number of hydrogen-bond acceptors (Lipinski definition) is 3. The van der Waals surface area contributed by atoms with Crippen molar-refractivity contribution in [1.82, 2.24) is 4.72 Å². The SMILES string of the molecule is COC(C)CNS(=O)(=O)Cl. The minimum Gasteiger partial charge on any atom is -0.380 e. The largest absolute Gasteiger partial charge is 0.380 e. The molecule has 1 N–H and O–H groups in total. The fourth-order valence-corrected chi connectivity index (χ4v) is 0.923. The Bertz CT molecular complexity index is 179. The van der Waals surface area contributed by atoms with Gasteiger partial charge in [-0.1, -0.05) is 0 Å². The molecule has 0 radical (unpaired) electrons. The molecule has 62 valence electrons. The Hall–Kier alpha value is 0.160. The first kappa shape index (κ1) is 10.2. The van der Waals surface area contributed by atoms with E-state index in [0.29, 0.717) is 0 Å². The zero-order valence-electron chi connectivity index (χ0n) is 5.80. The molecule has 0 aromatic carbocycles. The fraction of sp³-hybridized carbons (Fsp3) is 1.00. The Labute approximate surface area is 65.1 Å². The van der Waals surface area contributed by atoms with E-state index in [1.807, 2.05) is 0 Å². The normalized spacial score (nSPS) is 15.1. The van der Waals surface area contributed by atoms with E-state index in [2.05, 4.69) is 4.72 Å². The molecule has 0 spiro atoms. The third kappa shape index (κ3) is 6.28. The lowest BCUT2D eigenvalue weighted by Crippen LogP contribution is -2.28. The Kier molecular flexibility index (Phi) is 4.19. The van der Waals surface area contributed by atoms with Crippen LogP contribution < -0.4 is 4.72 Å². The second-order valence-corrected chi connectivity index (χ2v) is 4.22. The van der Waals surface area contributed by atoms with Crippen LogP contribution in [0.5, 0.6) is 0 Å². The number of ether oxygens (including phenoxy) is 1. The molecule has 1 unspecified atom stereocenters. The molecule has 0 fully saturated rings. The van der Waals surface area contributed by atoms with Gasteiger partial charge in [-0.15, -0.1) is 0 Å². The van der Waals surface area contributed by atoms with E-state index >= 15 is 0 Å². The minimum absolute atomic E-state index is 0.159. The highest BCUT2D eigenvalue weighted by Crippen LogP contribution is 1.91. The van der Waals surface area contributed by atoms with Crippen molar-refractivity contribution >= 4 is 19.9 Å². The monoisotopic (exact) mass is 187 g/mol. The Morgan fingerprint density at radius 2 is 2.20 bits per heavy atom. The molecule has 1 atom stereocenters. The molecule has 0 aliphatic rings. The highest BCUT2D eigenvalue weighted by molar-refractivity contribution is 8.12. The summed E-state index contributed by atoms with van der Waals surface area (Å²) in [5, 5.41) is 0. The molecule has 0 aromatic heterocycles. The maximum Gasteiger partial charge on any atom is 0.297 e. The summed E-state index contributed by atoms with van der Waals surface area (Å²) in [7, 11) is 2.75. The van der Waals surface area contributed by atoms with Crippen molar-refractivity contribution in [3.05, 3.63) is 0 Å². The van der Waals surface area contributed by atoms with Crippen molar-refractivity contribution in [3.8, 4) is 0 Å². The van der Waals surface area contributed by atoms with Crippen LogP contribution in [0.15, 0.2) is 0 Å². The van der Waals surface area contributed by atoms with Crippen molar-refractivity contribution in [2.24, 2.45) is 0 Å². The molecule has 0 amide bonds. The predicted molar refractivity (Wildman–Crippen MR) is 39.2 cm³/mol. The van der Waals surface area contributed by atoms with Crippen LogP contribution in [0, 0.1) is 0 Å². The highest BCUT2D eigenvalue weighted by atomic mass is 35.7. The van der Waals surface area contributed by atoms with Crippen LogP contribution in [0.4, 0.5) is 0 Å². The van der Waals surface area contributed by atoms with Gasteiger partial charge in [-0.05, 0) is 6.92 Å². The second kappa shape index (κ2) is 4.12. The average molecular weight is 188 g/mol. The molecule has 10 heavy (non-hydrogen) atoms. The maximum absolute atomic E-state index is 10.3. The highest BCUT2D eigenvalue weighted by Gasteiger charge is 2.05. The van der Waals surface area contributed by atoms with E-state index in [0.717, 1.165) is 0 Å². The van der Waals surface area contributed by atoms with Gasteiger partial charge in [0, 0.05) is 24.3 Å². The molecule has 4 nitrogen and oxygen atoms in total. The van der Waals surface area contributed by atoms with E-state index in [1.165, 1.54) is 7.11 Å². The molecule has 0 heterocycles. The van der Waals surface area contributed by atoms with Gasteiger partial charge in [-0.3, -0.25) is 0 Å². The van der Waals surface area contributed by atoms with Gasteiger partial charge in [-0.25, -0.2) is 0 Å². The number of methoxy groups -OCH3 is 1. The lowest BCUT2D eigenvalue weighted by atomic mass is 10.4. The van der Waals surface area contributed by atoms with Gasteiger partial charge >= 0.3 is 0 Å². The van der Waals surface area contributed by atoms with Crippen LogP contribution in [0.2, 0.25) is 0 Å². The van der Waals surface area contributed by atoms with Gasteiger partial charge in [0.1, 0.15) is 0 Å². The van der Waals surface area contributed by atoms with E-state index in [9.17, 15) is 8.42 Å². The molecule has 6 heteroatoms. The van der Waals surface area contributed by atoms with Crippen LogP contribution in [0.25, 0.3) is 0 Å². The fourth-order valence-electron chi connectivity index (χ4n) is 0.300. The minimum atomic E-state index is -3.59. The second-order valence-electron chi connectivity index (χ2n) is 1.83. The lowest BCUT2D eigenvalue weighted by molar-refractivity contribution is 0.122. The van der Waals surface area contributed by atoms with Crippen molar-refractivity contribution < 1.29 is 13.2 Å². The predicted octanol–water partition coefficient (Wildman–Crippen LogP) is 0.0945. The zero-order valence-corrected chi connectivity index (χ0v) is 7.37. The smallest absolute Gasteiger partial charge is 0.297 e. The van der Waals surface area contributed by atoms with Gasteiger partial charge < -0.3 is 4.74 Å². The maximum atomic E-state index is 10.3. The molecule has 0 rings (SSSR count). The molecule has 0 bridgehead atoms. The summed E-state index contributed by atoms with van der Waals surface area (Å²) in [6.07, 6.45) is -0.159. The summed E-state index contributed by atoms with van der Waals surface area (Å²) in [6.45, 7) is 1.93. The molecule has 0 saturated heterocycles. The van der Waals surface area contributed by atoms with Gasteiger partial charge in [-0.2, -0.15) is 13.1 Å². The van der Waals surface area contributed by atoms with E-state index < -0.39 is 9.24 Å². The first-order valence-corrected chi connectivity index (χ1v) is 4.98. The van der Waals surface area contributed by atoms with Gasteiger partial charge in [0.05, 0.1) is 6.10 Å². The standard InChI is InChI=1S/C4H10ClNO3S/c1-4(9-2)3-6-10(5,7)8/h4,6H,3H2,1-2H3. The van der Waals surface area contributed by atoms with Crippen molar-refractivity contribution in [2.75, 3.05) is 13.7 Å². The van der Waals surface area contributed by atoms with Crippen LogP contribution in [0.3, 0.4) is 0 Å². The molecule has 0 aliphatic heterocycles. The Morgan fingerprint density at radius 3 is 2.50 bits per heavy atom. The summed E-state index contributed by atoms with van der Waals surface area (Å²) in [4.78, 5) is 0. The lowest BCUT2D eigenvalue weighted by Gasteiger charge is -2.07. The van der Waals surface area contributed by atoms with Crippen molar-refractivity contribution in [1.29, 1.82) is 0 Å². The van der Waals surface area contributed by atoms with Crippen LogP contribution in [-0.4, -0.2) is 28.2 Å². The summed E-state index contributed by atoms with van der Waals surface area (Å²) in [6, 6.07) is 0. The van der Waals surface area contributed by atoms with Crippen molar-refractivity contribution in [3.63, 3.8) is 0 Å². The van der Waals surface area contributed by atoms with E-state index in [1.54, 1.807) is 6.92 Å². The first-order valence-electron chi connectivity index (χ1n) is 2.67. The Morgan fingerprint density at radius 1 is 1.70 bits per heavy atom. The Balaban J connectivity index is 3.56. The topological polar surface area (TPSA) is 55.4 Å². The summed E-state index contributed by atoms with van der Waals surface area (Å²) >= 11 is 0. The number of rotatable bonds is 4. The van der Waals surface area contributed by atoms with Crippen LogP contribution in [0.1, 0.15) is 6.92 Å². The number of halogens is 1. The zero-order chi connectivity index (χ0) is 8.20. The van der Waals surface area contributed by atoms with E-state index in [-0.39, 0.29) is 12.6 Å². The van der Waals surface area contributed by atoms with E-state index in [4.69, 9.17) is 15.4 Å². The van der Waals surface area contributed by atoms with Gasteiger partial charge in [0.15, 0.2) is 0 Å². The van der Waals surface area contributed by atoms with Gasteiger partial charge in [0.2, 0.25) is 0 Å². The molecular formula is C4H10ClNO3S. The van der Waals surface area contributed by atoms with Gasteiger partial charge in [0.25, 0.3) is 9.24 Å². The quantitative estimate of drug-likeness (QED) is 0.635. The summed E-state index contributed by atoms with van der Waals surface area (Å²) in [5.74, 6) is 0. The summed E-state index contributed by atoms with van der Waals surface area (Å²) in [5.41, 5.74) is 0. The molecule has 0 aliphatic carbocycles. The summed E-state index contributed by atoms with van der Waals surface area (Å²) < 4.78 is 27.3. The molecule has 0 aromatic rings. The number of nitrogens with one attached hydrogen (secondary N) is 1. The number of hydrogen-bond donors (Lipinski definition) is 1. The third-order valence-electron chi connectivity index (χ3n) is 0.946. The molecule has 0 saturated carbocycles. The third-order valence-corrected chi connectivity index (χ3v) is 1.78. The average Bonchev–Trinajstić information content (AvgIpc) is 1.81. The van der Waals surface area contributed by atoms with Crippen LogP contribution in [-0.2, 0) is 14.0 Å². The van der Waals surface area contributed by atoms with Crippen LogP contribution >= 0.6 is 10.7 Å². The van der Waals surface area contributed by atoms with Crippen molar-refractivity contribution in [2.45, 2.75) is 13.0 Å². The molecular weight excluding hydrogens is 178 g/mol. The first-order chi connectivity index (χ1) is 4.45.